The summed E-state index contributed by atoms with van der Waals surface area (Å²) in [6, 6.07) is 29.1. The van der Waals surface area contributed by atoms with Crippen molar-refractivity contribution in [1.29, 1.82) is 0 Å². The van der Waals surface area contributed by atoms with Gasteiger partial charge in [-0.2, -0.15) is 0 Å². The summed E-state index contributed by atoms with van der Waals surface area (Å²) in [7, 11) is -4.10. The Hall–Kier alpha value is -4.96. The molecule has 0 aromatic heterocycles. The summed E-state index contributed by atoms with van der Waals surface area (Å²) in [6.07, 6.45) is -0.609. The highest BCUT2D eigenvalue weighted by atomic mass is 32.2. The molecule has 0 aliphatic rings. The molecule has 10 heteroatoms. The normalized spacial score (nSPS) is 11.7. The van der Waals surface area contributed by atoms with Crippen LogP contribution in [0.15, 0.2) is 114 Å². The Balaban J connectivity index is 1.46. The molecule has 4 aromatic carbocycles. The van der Waals surface area contributed by atoms with E-state index in [2.05, 4.69) is 16.0 Å². The van der Waals surface area contributed by atoms with Gasteiger partial charge < -0.3 is 21.1 Å². The molecule has 0 saturated heterocycles. The van der Waals surface area contributed by atoms with Gasteiger partial charge >= 0.3 is 12.0 Å². The van der Waals surface area contributed by atoms with Crippen LogP contribution in [-0.4, -0.2) is 31.4 Å². The highest BCUT2D eigenvalue weighted by molar-refractivity contribution is 7.91. The maximum atomic E-state index is 13.4. The number of carboxylic acids is 1. The number of carbonyl (C=O) groups is 3. The minimum Gasteiger partial charge on any atom is -0.481 e. The topological polar surface area (TPSA) is 142 Å². The Bertz CT molecular complexity index is 1610. The second kappa shape index (κ2) is 12.7. The molecule has 0 spiro atoms. The van der Waals surface area contributed by atoms with E-state index in [1.807, 2.05) is 30.3 Å². The molecule has 4 aromatic rings. The van der Waals surface area contributed by atoms with Crippen LogP contribution in [0.5, 0.6) is 0 Å². The monoisotopic (exact) mass is 557 g/mol. The molecule has 3 amide bonds. The zero-order chi connectivity index (χ0) is 28.5. The molecule has 4 rings (SSSR count). The quantitative estimate of drug-likeness (QED) is 0.210. The fourth-order valence-corrected chi connectivity index (χ4v) is 5.81. The van der Waals surface area contributed by atoms with Crippen LogP contribution in [0.3, 0.4) is 0 Å². The minimum atomic E-state index is -4.10. The number of benzene rings is 4. The molecule has 40 heavy (non-hydrogen) atoms. The van der Waals surface area contributed by atoms with Crippen LogP contribution in [0.1, 0.15) is 33.2 Å². The van der Waals surface area contributed by atoms with Gasteiger partial charge in [0.25, 0.3) is 5.91 Å². The van der Waals surface area contributed by atoms with E-state index in [1.165, 1.54) is 30.3 Å². The van der Waals surface area contributed by atoms with Crippen molar-refractivity contribution in [2.24, 2.45) is 0 Å². The van der Waals surface area contributed by atoms with Crippen molar-refractivity contribution in [2.75, 3.05) is 10.6 Å². The lowest BCUT2D eigenvalue weighted by Gasteiger charge is -2.17. The average molecular weight is 558 g/mol. The summed E-state index contributed by atoms with van der Waals surface area (Å²) in [4.78, 5) is 36.6. The van der Waals surface area contributed by atoms with Crippen LogP contribution in [0.25, 0.3) is 0 Å². The third kappa shape index (κ3) is 7.33. The molecule has 0 radical (unpaired) electrons. The van der Waals surface area contributed by atoms with Crippen LogP contribution in [0.2, 0.25) is 0 Å². The van der Waals surface area contributed by atoms with Crippen LogP contribution < -0.4 is 16.0 Å². The second-order valence-electron chi connectivity index (χ2n) is 8.90. The number of nitrogens with one attached hydrogen (secondary N) is 3. The number of sulfone groups is 1. The van der Waals surface area contributed by atoms with E-state index in [0.29, 0.717) is 17.8 Å². The van der Waals surface area contributed by atoms with E-state index in [-0.39, 0.29) is 16.1 Å². The predicted molar refractivity (Wildman–Crippen MR) is 152 cm³/mol. The van der Waals surface area contributed by atoms with Crippen molar-refractivity contribution in [3.63, 3.8) is 0 Å². The Labute approximate surface area is 231 Å². The summed E-state index contributed by atoms with van der Waals surface area (Å²) < 4.78 is 26.9. The number of anilines is 2. The van der Waals surface area contributed by atoms with Crippen LogP contribution in [0, 0.1) is 0 Å². The standard InChI is InChI=1S/C30H27N3O6S/c34-28(35)19-27(22-11-5-2-6-12-22)40(38,39)26-16-8-15-25(18-26)32-29(36)23-13-7-14-24(17-23)33-30(37)31-20-21-9-3-1-4-10-21/h1-18,27H,19-20H2,(H,32,36)(H,34,35)(H2,31,33,37). The van der Waals surface area contributed by atoms with Gasteiger partial charge in [0, 0.05) is 23.5 Å². The summed E-state index contributed by atoms with van der Waals surface area (Å²) in [5.74, 6) is -1.77. The Morgan fingerprint density at radius 2 is 1.35 bits per heavy atom. The van der Waals surface area contributed by atoms with Gasteiger partial charge in [0.2, 0.25) is 0 Å². The van der Waals surface area contributed by atoms with Crippen LogP contribution >= 0.6 is 0 Å². The number of hydrogen-bond acceptors (Lipinski definition) is 5. The maximum Gasteiger partial charge on any atom is 0.319 e. The summed E-state index contributed by atoms with van der Waals surface area (Å²) >= 11 is 0. The number of urea groups is 1. The molecule has 0 heterocycles. The largest absolute Gasteiger partial charge is 0.481 e. The fourth-order valence-electron chi connectivity index (χ4n) is 4.04. The molecule has 0 aliphatic carbocycles. The van der Waals surface area contributed by atoms with E-state index >= 15 is 0 Å². The van der Waals surface area contributed by atoms with E-state index in [1.54, 1.807) is 48.5 Å². The zero-order valence-corrected chi connectivity index (χ0v) is 22.1. The van der Waals surface area contributed by atoms with Gasteiger partial charge in [-0.15, -0.1) is 0 Å². The number of carboxylic acid groups (broad SMARTS) is 1. The first kappa shape index (κ1) is 28.1. The maximum absolute atomic E-state index is 13.4. The molecule has 1 atom stereocenters. The number of hydrogen-bond donors (Lipinski definition) is 4. The van der Waals surface area contributed by atoms with Crippen LogP contribution in [0.4, 0.5) is 16.2 Å². The third-order valence-corrected chi connectivity index (χ3v) is 8.10. The van der Waals surface area contributed by atoms with Crippen molar-refractivity contribution in [3.8, 4) is 0 Å². The molecule has 1 unspecified atom stereocenters. The highest BCUT2D eigenvalue weighted by Gasteiger charge is 2.31. The molecule has 0 fully saturated rings. The van der Waals surface area contributed by atoms with Gasteiger partial charge in [0.05, 0.1) is 11.3 Å². The van der Waals surface area contributed by atoms with Gasteiger partial charge in [-0.3, -0.25) is 9.59 Å². The number of aliphatic carboxylic acids is 1. The van der Waals surface area contributed by atoms with Crippen molar-refractivity contribution >= 4 is 39.1 Å². The fraction of sp³-hybridized carbons (Fsp3) is 0.100. The molecule has 0 aliphatic heterocycles. The predicted octanol–water partition coefficient (Wildman–Crippen LogP) is 5.25. The smallest absolute Gasteiger partial charge is 0.319 e. The van der Waals surface area contributed by atoms with Gasteiger partial charge in [-0.1, -0.05) is 72.8 Å². The van der Waals surface area contributed by atoms with Crippen molar-refractivity contribution < 1.29 is 27.9 Å². The highest BCUT2D eigenvalue weighted by Crippen LogP contribution is 2.33. The lowest BCUT2D eigenvalue weighted by molar-refractivity contribution is -0.137. The zero-order valence-electron chi connectivity index (χ0n) is 21.3. The first-order chi connectivity index (χ1) is 19.2. The number of amides is 3. The summed E-state index contributed by atoms with van der Waals surface area (Å²) in [6.45, 7) is 0.337. The second-order valence-corrected chi connectivity index (χ2v) is 11.0. The number of carbonyl (C=O) groups excluding carboxylic acids is 2. The van der Waals surface area contributed by atoms with E-state index in [0.717, 1.165) is 5.56 Å². The molecule has 4 N–H and O–H groups in total. The molecule has 0 saturated carbocycles. The first-order valence-electron chi connectivity index (χ1n) is 12.3. The average Bonchev–Trinajstić information content (AvgIpc) is 2.96. The summed E-state index contributed by atoms with van der Waals surface area (Å²) in [5.41, 5.74) is 2.15. The third-order valence-electron chi connectivity index (χ3n) is 6.00. The Morgan fingerprint density at radius 1 is 0.725 bits per heavy atom. The lowest BCUT2D eigenvalue weighted by Crippen LogP contribution is -2.28. The van der Waals surface area contributed by atoms with E-state index in [9.17, 15) is 27.9 Å². The van der Waals surface area contributed by atoms with Crippen molar-refractivity contribution in [3.05, 3.63) is 126 Å². The first-order valence-corrected chi connectivity index (χ1v) is 13.9. The van der Waals surface area contributed by atoms with Gasteiger partial charge in [-0.05, 0) is 47.5 Å². The molecular weight excluding hydrogens is 530 g/mol. The van der Waals surface area contributed by atoms with E-state index < -0.39 is 39.4 Å². The molecule has 9 nitrogen and oxygen atoms in total. The number of rotatable bonds is 10. The van der Waals surface area contributed by atoms with Gasteiger partial charge in [0.1, 0.15) is 5.25 Å². The molecule has 204 valence electrons. The summed E-state index contributed by atoms with van der Waals surface area (Å²) in [5, 5.41) is 16.2. The lowest BCUT2D eigenvalue weighted by atomic mass is 10.1. The minimum absolute atomic E-state index is 0.120. The SMILES string of the molecule is O=C(O)CC(c1ccccc1)S(=O)(=O)c1cccc(NC(=O)c2cccc(NC(=O)NCc3ccccc3)c2)c1. The van der Waals surface area contributed by atoms with E-state index in [4.69, 9.17) is 0 Å². The van der Waals surface area contributed by atoms with Gasteiger partial charge in [0.15, 0.2) is 9.84 Å². The van der Waals surface area contributed by atoms with Gasteiger partial charge in [-0.25, -0.2) is 13.2 Å². The molecule has 0 bridgehead atoms. The van der Waals surface area contributed by atoms with Crippen LogP contribution in [-0.2, 0) is 21.2 Å². The van der Waals surface area contributed by atoms with Crippen molar-refractivity contribution in [2.45, 2.75) is 23.1 Å². The Morgan fingerprint density at radius 3 is 2.02 bits per heavy atom. The Kier molecular flexibility index (Phi) is 8.93. The molecular formula is C30H27N3O6S. The van der Waals surface area contributed by atoms with Crippen molar-refractivity contribution in [1.82, 2.24) is 5.32 Å².